The lowest BCUT2D eigenvalue weighted by Crippen LogP contribution is -2.53. The summed E-state index contributed by atoms with van der Waals surface area (Å²) in [5.41, 5.74) is 5.22. The van der Waals surface area contributed by atoms with Gasteiger partial charge in [0.25, 0.3) is 0 Å². The maximum Gasteiger partial charge on any atom is 0.0975 e. The van der Waals surface area contributed by atoms with Crippen molar-refractivity contribution in [3.05, 3.63) is 65.5 Å². The molecule has 2 saturated carbocycles. The average molecular weight is 411 g/mol. The Morgan fingerprint density at radius 3 is 2.97 bits per heavy atom. The predicted octanol–water partition coefficient (Wildman–Crippen LogP) is 6.50. The molecule has 5 atom stereocenters. The maximum atomic E-state index is 8.36. The first-order valence-corrected chi connectivity index (χ1v) is 12.0. The highest BCUT2D eigenvalue weighted by Crippen LogP contribution is 2.69. The Hall–Kier alpha value is -2.26. The highest BCUT2D eigenvalue weighted by molar-refractivity contribution is 5.85. The first-order valence-electron chi connectivity index (χ1n) is 12.0. The molecule has 3 heterocycles. The Kier molecular flexibility index (Phi) is 3.52. The van der Waals surface area contributed by atoms with Crippen molar-refractivity contribution in [2.75, 3.05) is 0 Å². The van der Waals surface area contributed by atoms with Crippen LogP contribution in [0.5, 0.6) is 0 Å². The molecular formula is C28H30N2O. The van der Waals surface area contributed by atoms with Crippen molar-refractivity contribution in [2.45, 2.75) is 75.4 Å². The van der Waals surface area contributed by atoms with Crippen molar-refractivity contribution < 1.29 is 4.74 Å². The van der Waals surface area contributed by atoms with Gasteiger partial charge in [0.05, 0.1) is 11.2 Å². The summed E-state index contributed by atoms with van der Waals surface area (Å²) in [7, 11) is 0. The van der Waals surface area contributed by atoms with Crippen LogP contribution < -0.4 is 0 Å². The molecule has 1 saturated heterocycles. The number of aromatic nitrogens is 1. The van der Waals surface area contributed by atoms with Gasteiger partial charge in [-0.2, -0.15) is 0 Å². The van der Waals surface area contributed by atoms with Crippen molar-refractivity contribution in [3.63, 3.8) is 0 Å². The minimum Gasteiger partial charge on any atom is -0.359 e. The summed E-state index contributed by atoms with van der Waals surface area (Å²) in [6, 6.07) is 9.12. The van der Waals surface area contributed by atoms with E-state index >= 15 is 0 Å². The molecule has 31 heavy (non-hydrogen) atoms. The summed E-state index contributed by atoms with van der Waals surface area (Å²) < 4.78 is 7.20. The largest absolute Gasteiger partial charge is 0.359 e. The number of fused-ring (bicyclic) bond motifs is 2. The molecule has 3 heteroatoms. The molecule has 3 aliphatic carbocycles. The van der Waals surface area contributed by atoms with Gasteiger partial charge in [-0.1, -0.05) is 31.2 Å². The number of nitrogens with one attached hydrogen (secondary N) is 1. The van der Waals surface area contributed by atoms with Gasteiger partial charge in [0.15, 0.2) is 0 Å². The number of hydrogen-bond acceptors (Lipinski definition) is 3. The third-order valence-corrected chi connectivity index (χ3v) is 9.60. The third kappa shape index (κ3) is 2.28. The van der Waals surface area contributed by atoms with Gasteiger partial charge in [-0.15, -0.1) is 0 Å². The van der Waals surface area contributed by atoms with E-state index in [-0.39, 0.29) is 16.6 Å². The van der Waals surface area contributed by atoms with Crippen LogP contribution in [0.1, 0.15) is 69.8 Å². The average Bonchev–Trinajstić information content (AvgIpc) is 3.28. The molecule has 2 bridgehead atoms. The van der Waals surface area contributed by atoms with Gasteiger partial charge in [-0.05, 0) is 96.4 Å². The fourth-order valence-corrected chi connectivity index (χ4v) is 8.13. The van der Waals surface area contributed by atoms with Gasteiger partial charge < -0.3 is 10.1 Å². The van der Waals surface area contributed by atoms with Gasteiger partial charge >= 0.3 is 0 Å². The topological polar surface area (TPSA) is 46.0 Å². The van der Waals surface area contributed by atoms with E-state index < -0.39 is 0 Å². The monoisotopic (exact) mass is 410 g/mol. The third-order valence-electron chi connectivity index (χ3n) is 9.60. The molecule has 2 spiro atoms. The summed E-state index contributed by atoms with van der Waals surface area (Å²) >= 11 is 0. The van der Waals surface area contributed by atoms with Crippen molar-refractivity contribution in [2.24, 2.45) is 11.3 Å². The van der Waals surface area contributed by atoms with Crippen LogP contribution in [0.4, 0.5) is 0 Å². The van der Waals surface area contributed by atoms with Crippen LogP contribution in [-0.2, 0) is 4.74 Å². The summed E-state index contributed by atoms with van der Waals surface area (Å²) in [5, 5.41) is 10.9. The van der Waals surface area contributed by atoms with Gasteiger partial charge in [-0.25, -0.2) is 0 Å². The van der Waals surface area contributed by atoms with E-state index in [1.165, 1.54) is 40.3 Å². The zero-order valence-electron chi connectivity index (χ0n) is 18.3. The number of nitrogens with zero attached hydrogens (tertiary/aromatic N) is 1. The molecule has 158 valence electrons. The summed E-state index contributed by atoms with van der Waals surface area (Å²) in [6.07, 6.45) is 17.5. The van der Waals surface area contributed by atoms with E-state index in [0.29, 0.717) is 11.8 Å². The molecule has 0 radical (unpaired) electrons. The molecule has 0 amide bonds. The Bertz CT molecular complexity index is 1190. The van der Waals surface area contributed by atoms with Gasteiger partial charge in [0.1, 0.15) is 0 Å². The highest BCUT2D eigenvalue weighted by Gasteiger charge is 2.66. The lowest BCUT2D eigenvalue weighted by atomic mass is 9.58. The lowest BCUT2D eigenvalue weighted by molar-refractivity contribution is -0.126. The quantitative estimate of drug-likeness (QED) is 0.583. The number of allylic oxidation sites excluding steroid dienone is 1. The zero-order valence-corrected chi connectivity index (χ0v) is 18.3. The molecule has 2 aromatic rings. The maximum absolute atomic E-state index is 8.36. The van der Waals surface area contributed by atoms with Crippen LogP contribution in [0.25, 0.3) is 10.8 Å². The van der Waals surface area contributed by atoms with E-state index in [1.54, 1.807) is 0 Å². The van der Waals surface area contributed by atoms with Crippen LogP contribution in [-0.4, -0.2) is 21.9 Å². The second-order valence-electron chi connectivity index (χ2n) is 11.0. The Balaban J connectivity index is 1.31. The van der Waals surface area contributed by atoms with Crippen molar-refractivity contribution in [1.82, 2.24) is 4.98 Å². The van der Waals surface area contributed by atoms with Crippen molar-refractivity contribution in [1.29, 1.82) is 5.41 Å². The molecule has 1 aromatic carbocycles. The minimum absolute atomic E-state index is 0.124. The van der Waals surface area contributed by atoms with Crippen LogP contribution in [0.2, 0.25) is 0 Å². The highest BCUT2D eigenvalue weighted by atomic mass is 16.5. The number of ether oxygens (including phenoxy) is 1. The molecule has 3 fully saturated rings. The summed E-state index contributed by atoms with van der Waals surface area (Å²) in [5.74, 6) is 1.12. The molecule has 3 nitrogen and oxygen atoms in total. The smallest absolute Gasteiger partial charge is 0.0975 e. The van der Waals surface area contributed by atoms with E-state index in [1.807, 2.05) is 12.4 Å². The zero-order chi connectivity index (χ0) is 20.8. The predicted molar refractivity (Wildman–Crippen MR) is 123 cm³/mol. The number of hydrogen-bond donors (Lipinski definition) is 1. The van der Waals surface area contributed by atoms with E-state index in [4.69, 9.17) is 10.1 Å². The Morgan fingerprint density at radius 1 is 1.10 bits per heavy atom. The van der Waals surface area contributed by atoms with Crippen LogP contribution in [0.3, 0.4) is 0 Å². The van der Waals surface area contributed by atoms with Gasteiger partial charge in [0, 0.05) is 29.9 Å². The SMILES string of the molecule is CC12CC=C3C=C4CCC(=N)C[C@]45CC[C@]3(O5)[C@@H]1CCC2c1ccc2ccncc2c1. The molecule has 7 rings (SSSR count). The number of benzene rings is 1. The van der Waals surface area contributed by atoms with Crippen molar-refractivity contribution in [3.8, 4) is 0 Å². The lowest BCUT2D eigenvalue weighted by Gasteiger charge is -2.54. The number of pyridine rings is 1. The molecule has 2 unspecified atom stereocenters. The normalized spacial score (nSPS) is 40.7. The Labute approximate surface area is 184 Å². The van der Waals surface area contributed by atoms with Crippen LogP contribution >= 0.6 is 0 Å². The van der Waals surface area contributed by atoms with E-state index in [9.17, 15) is 0 Å². The Morgan fingerprint density at radius 2 is 2.03 bits per heavy atom. The first kappa shape index (κ1) is 18.3. The summed E-state index contributed by atoms with van der Waals surface area (Å²) in [4.78, 5) is 4.35. The fraction of sp³-hybridized carbons (Fsp3) is 0.500. The molecule has 2 aliphatic heterocycles. The molecule has 1 N–H and O–H groups in total. The number of rotatable bonds is 1. The van der Waals surface area contributed by atoms with Gasteiger partial charge in [-0.3, -0.25) is 4.98 Å². The first-order chi connectivity index (χ1) is 15.0. The van der Waals surface area contributed by atoms with Crippen LogP contribution in [0.15, 0.2) is 60.0 Å². The van der Waals surface area contributed by atoms with Crippen LogP contribution in [0, 0.1) is 16.7 Å². The van der Waals surface area contributed by atoms with E-state index in [2.05, 4.69) is 48.3 Å². The molecular weight excluding hydrogens is 380 g/mol. The standard InChI is InChI=1S/C28H30N2O/c1-26-10-8-22-15-21-4-5-23(29)16-27(21)11-12-28(22,31-27)25(26)7-6-24(26)19-3-2-18-9-13-30-17-20(18)14-19/h2-3,8-9,13-15,17,24-25,29H,4-7,10-12,16H2,1H3/t24?,25-,26?,27-,28-/m1/s1. The minimum atomic E-state index is -0.169. The van der Waals surface area contributed by atoms with Gasteiger partial charge in [0.2, 0.25) is 0 Å². The molecule has 1 aromatic heterocycles. The van der Waals surface area contributed by atoms with Crippen molar-refractivity contribution >= 4 is 16.5 Å². The summed E-state index contributed by atoms with van der Waals surface area (Å²) in [6.45, 7) is 2.53. The fourth-order valence-electron chi connectivity index (χ4n) is 8.13. The second kappa shape index (κ2) is 5.95. The second-order valence-corrected chi connectivity index (χ2v) is 11.0. The molecule has 5 aliphatic rings. The van der Waals surface area contributed by atoms with E-state index in [0.717, 1.165) is 44.2 Å².